The number of nitrogens with zero attached hydrogens (tertiary/aromatic N) is 5. The number of aliphatic hydroxyl groups is 1. The van der Waals surface area contributed by atoms with Gasteiger partial charge in [0.2, 0.25) is 0 Å². The molecule has 6 rings (SSSR count). The second kappa shape index (κ2) is 9.02. The standard InChI is InChI=1S/C24H31FN6O3S/c1-14-21(26)24(13-34-14)3-6-30(7-4-24)22-17(11-32)29-19(9-28-22)35-18-2-5-27-23-20(18)33-12-16-8-15(25)10-31(16)23/h2,5,9,14-16,21,32H,3-4,6-8,10-13,26H2,1H3. The van der Waals surface area contributed by atoms with Crippen LogP contribution < -0.4 is 20.3 Å². The summed E-state index contributed by atoms with van der Waals surface area (Å²) in [5, 5.41) is 10.7. The van der Waals surface area contributed by atoms with Crippen LogP contribution in [0.2, 0.25) is 0 Å². The quantitative estimate of drug-likeness (QED) is 0.645. The van der Waals surface area contributed by atoms with Gasteiger partial charge < -0.3 is 30.1 Å². The summed E-state index contributed by atoms with van der Waals surface area (Å²) in [4.78, 5) is 18.9. The minimum Gasteiger partial charge on any atom is -0.486 e. The number of piperidine rings is 1. The molecule has 0 amide bonds. The van der Waals surface area contributed by atoms with E-state index >= 15 is 0 Å². The fourth-order valence-corrected chi connectivity index (χ4v) is 6.73. The maximum atomic E-state index is 14.0. The van der Waals surface area contributed by atoms with Crippen molar-refractivity contribution in [3.05, 3.63) is 24.2 Å². The molecule has 35 heavy (non-hydrogen) atoms. The Kier molecular flexibility index (Phi) is 5.98. The number of alkyl halides is 1. The van der Waals surface area contributed by atoms with Crippen LogP contribution in [0.25, 0.3) is 0 Å². The number of anilines is 2. The van der Waals surface area contributed by atoms with Crippen LogP contribution in [-0.2, 0) is 11.3 Å². The fraction of sp³-hybridized carbons (Fsp3) is 0.625. The molecule has 1 spiro atoms. The van der Waals surface area contributed by atoms with Gasteiger partial charge in [-0.15, -0.1) is 0 Å². The molecule has 0 aliphatic carbocycles. The van der Waals surface area contributed by atoms with Gasteiger partial charge in [-0.2, -0.15) is 0 Å². The molecule has 3 N–H and O–H groups in total. The van der Waals surface area contributed by atoms with Crippen LogP contribution in [0.1, 0.15) is 31.9 Å². The lowest BCUT2D eigenvalue weighted by Gasteiger charge is -2.41. The van der Waals surface area contributed by atoms with Gasteiger partial charge in [-0.05, 0) is 25.8 Å². The van der Waals surface area contributed by atoms with Crippen LogP contribution in [-0.4, -0.2) is 77.3 Å². The average Bonchev–Trinajstić information content (AvgIpc) is 3.39. The van der Waals surface area contributed by atoms with Gasteiger partial charge in [0.15, 0.2) is 17.4 Å². The first-order valence-corrected chi connectivity index (χ1v) is 13.1. The van der Waals surface area contributed by atoms with Crippen LogP contribution in [0, 0.1) is 5.41 Å². The Morgan fingerprint density at radius 1 is 1.29 bits per heavy atom. The number of aliphatic hydroxyl groups excluding tert-OH is 1. The number of fused-ring (bicyclic) bond motifs is 3. The van der Waals surface area contributed by atoms with Crippen molar-refractivity contribution >= 4 is 23.4 Å². The summed E-state index contributed by atoms with van der Waals surface area (Å²) in [6.45, 7) is 4.95. The van der Waals surface area contributed by atoms with Gasteiger partial charge in [-0.3, -0.25) is 0 Å². The molecule has 9 nitrogen and oxygen atoms in total. The van der Waals surface area contributed by atoms with E-state index in [-0.39, 0.29) is 30.2 Å². The summed E-state index contributed by atoms with van der Waals surface area (Å²) in [7, 11) is 0. The summed E-state index contributed by atoms with van der Waals surface area (Å²) >= 11 is 1.42. The predicted molar refractivity (Wildman–Crippen MR) is 130 cm³/mol. The molecule has 4 aliphatic heterocycles. The Morgan fingerprint density at radius 3 is 2.86 bits per heavy atom. The third-order valence-corrected chi connectivity index (χ3v) is 8.92. The third-order valence-electron chi connectivity index (χ3n) is 7.98. The highest BCUT2D eigenvalue weighted by atomic mass is 32.2. The van der Waals surface area contributed by atoms with E-state index in [1.165, 1.54) is 11.8 Å². The molecule has 11 heteroatoms. The van der Waals surface area contributed by atoms with Gasteiger partial charge in [0.05, 0.1) is 43.0 Å². The number of ether oxygens (including phenoxy) is 2. The van der Waals surface area contributed by atoms with Crippen molar-refractivity contribution in [1.29, 1.82) is 0 Å². The maximum absolute atomic E-state index is 14.0. The first-order chi connectivity index (χ1) is 17.0. The largest absolute Gasteiger partial charge is 0.486 e. The van der Waals surface area contributed by atoms with Gasteiger partial charge in [0.25, 0.3) is 0 Å². The minimum absolute atomic E-state index is 0.0233. The summed E-state index contributed by atoms with van der Waals surface area (Å²) in [5.41, 5.74) is 7.03. The molecule has 188 valence electrons. The number of pyridine rings is 1. The summed E-state index contributed by atoms with van der Waals surface area (Å²) in [6, 6.07) is 1.95. The maximum Gasteiger partial charge on any atom is 0.175 e. The zero-order valence-electron chi connectivity index (χ0n) is 19.8. The number of rotatable bonds is 4. The lowest BCUT2D eigenvalue weighted by molar-refractivity contribution is 0.0973. The van der Waals surface area contributed by atoms with E-state index in [2.05, 4.69) is 9.88 Å². The fourth-order valence-electron chi connectivity index (χ4n) is 5.87. The monoisotopic (exact) mass is 502 g/mol. The molecule has 3 saturated heterocycles. The van der Waals surface area contributed by atoms with Crippen molar-refractivity contribution in [1.82, 2.24) is 15.0 Å². The molecule has 0 saturated carbocycles. The average molecular weight is 503 g/mol. The smallest absolute Gasteiger partial charge is 0.175 e. The van der Waals surface area contributed by atoms with E-state index in [0.29, 0.717) is 54.3 Å². The topological polar surface area (TPSA) is 110 Å². The van der Waals surface area contributed by atoms with Crippen molar-refractivity contribution in [2.45, 2.75) is 67.1 Å². The highest BCUT2D eigenvalue weighted by Crippen LogP contribution is 2.45. The number of hydrogen-bond donors (Lipinski definition) is 2. The second-order valence-corrected chi connectivity index (χ2v) is 11.1. The molecule has 4 unspecified atom stereocenters. The van der Waals surface area contributed by atoms with E-state index in [0.717, 1.165) is 30.8 Å². The number of hydrogen-bond acceptors (Lipinski definition) is 10. The van der Waals surface area contributed by atoms with Crippen molar-refractivity contribution < 1.29 is 19.0 Å². The zero-order valence-corrected chi connectivity index (χ0v) is 20.6. The summed E-state index contributed by atoms with van der Waals surface area (Å²) in [5.74, 6) is 2.06. The van der Waals surface area contributed by atoms with Gasteiger partial charge in [-0.25, -0.2) is 19.3 Å². The highest BCUT2D eigenvalue weighted by Gasteiger charge is 2.47. The van der Waals surface area contributed by atoms with Crippen molar-refractivity contribution in [3.8, 4) is 5.75 Å². The molecule has 4 atom stereocenters. The van der Waals surface area contributed by atoms with Crippen molar-refractivity contribution in [2.24, 2.45) is 11.1 Å². The first-order valence-electron chi connectivity index (χ1n) is 12.3. The molecule has 4 aliphatic rings. The zero-order chi connectivity index (χ0) is 24.2. The van der Waals surface area contributed by atoms with E-state index in [4.69, 9.17) is 25.2 Å². The van der Waals surface area contributed by atoms with Crippen LogP contribution in [0.4, 0.5) is 16.0 Å². The lowest BCUT2D eigenvalue weighted by Crippen LogP contribution is -2.51. The van der Waals surface area contributed by atoms with Crippen LogP contribution in [0.15, 0.2) is 28.4 Å². The number of aromatic nitrogens is 3. The molecular weight excluding hydrogens is 471 g/mol. The Bertz CT molecular complexity index is 1100. The van der Waals surface area contributed by atoms with Crippen molar-refractivity contribution in [3.63, 3.8) is 0 Å². The van der Waals surface area contributed by atoms with Gasteiger partial charge >= 0.3 is 0 Å². The van der Waals surface area contributed by atoms with E-state index in [1.807, 2.05) is 17.9 Å². The Hall–Kier alpha value is -2.21. The van der Waals surface area contributed by atoms with Crippen LogP contribution >= 0.6 is 11.8 Å². The van der Waals surface area contributed by atoms with E-state index in [9.17, 15) is 9.50 Å². The second-order valence-electron chi connectivity index (χ2n) is 10.0. The minimum atomic E-state index is -0.858. The predicted octanol–water partition coefficient (Wildman–Crippen LogP) is 2.16. The van der Waals surface area contributed by atoms with Crippen LogP contribution in [0.3, 0.4) is 0 Å². The molecule has 6 heterocycles. The Balaban J connectivity index is 1.19. The van der Waals surface area contributed by atoms with Crippen molar-refractivity contribution in [2.75, 3.05) is 42.6 Å². The highest BCUT2D eigenvalue weighted by molar-refractivity contribution is 7.99. The molecule has 2 aromatic rings. The van der Waals surface area contributed by atoms with Gasteiger partial charge in [0, 0.05) is 37.2 Å². The SMILES string of the molecule is CC1OCC2(CCN(c3ncc(Sc4ccnc5c4OCC4CC(F)CN54)nc3CO)CC2)C1N. The molecule has 0 bridgehead atoms. The molecule has 0 radical (unpaired) electrons. The molecule has 2 aromatic heterocycles. The third kappa shape index (κ3) is 4.02. The molecular formula is C24H31FN6O3S. The van der Waals surface area contributed by atoms with E-state index < -0.39 is 6.17 Å². The summed E-state index contributed by atoms with van der Waals surface area (Å²) in [6.07, 6.45) is 5.02. The summed E-state index contributed by atoms with van der Waals surface area (Å²) < 4.78 is 25.8. The molecule has 0 aromatic carbocycles. The van der Waals surface area contributed by atoms with Gasteiger partial charge in [-0.1, -0.05) is 11.8 Å². The Morgan fingerprint density at radius 2 is 2.11 bits per heavy atom. The van der Waals surface area contributed by atoms with E-state index in [1.54, 1.807) is 12.4 Å². The number of halogens is 1. The molecule has 3 fully saturated rings. The van der Waals surface area contributed by atoms with Gasteiger partial charge in [0.1, 0.15) is 23.5 Å². The Labute approximate surface area is 208 Å². The van der Waals surface area contributed by atoms with Crippen LogP contribution in [0.5, 0.6) is 5.75 Å². The normalized spacial score (nSPS) is 29.3. The number of nitrogens with two attached hydrogens (primary N) is 1. The lowest BCUT2D eigenvalue weighted by atomic mass is 9.73. The first kappa shape index (κ1) is 23.2.